The number of amides is 2. The number of Topliss-reactive ketones (excluding diaryl/α,β-unsaturated/α-hetero) is 1. The van der Waals surface area contributed by atoms with Gasteiger partial charge in [-0.15, -0.1) is 0 Å². The lowest BCUT2D eigenvalue weighted by Crippen LogP contribution is -2.56. The average Bonchev–Trinajstić information content (AvgIpc) is 2.93. The molecular weight excluding hydrogens is 420 g/mol. The van der Waals surface area contributed by atoms with Gasteiger partial charge in [0.15, 0.2) is 16.9 Å². The summed E-state index contributed by atoms with van der Waals surface area (Å²) in [5.74, 6) is -1.49. The standard InChI is InChI=1S/C21H30N4O5S/c22-21(28)19-20(27)16(24-17(26)12-11-15-7-2-1-3-8-15)9-6-14-25(19)31(29,30)18-10-4-5-13-23-18/h4-5,10,13,15-16,19H,1-3,6-9,11-12,14H2,(H2,22,28)(H,24,26)/t16-,19?/m0/s1. The first-order valence-electron chi connectivity index (χ1n) is 10.9. The van der Waals surface area contributed by atoms with Crippen molar-refractivity contribution < 1.29 is 22.8 Å². The van der Waals surface area contributed by atoms with Gasteiger partial charge < -0.3 is 11.1 Å². The van der Waals surface area contributed by atoms with Gasteiger partial charge in [0.2, 0.25) is 11.8 Å². The largest absolute Gasteiger partial charge is 0.368 e. The predicted molar refractivity (Wildman–Crippen MR) is 113 cm³/mol. The van der Waals surface area contributed by atoms with Crippen LogP contribution in [0.25, 0.3) is 0 Å². The molecule has 2 atom stereocenters. The molecule has 1 aromatic heterocycles. The Kier molecular flexibility index (Phi) is 7.77. The number of carbonyl (C=O) groups is 3. The third kappa shape index (κ3) is 5.68. The maximum absolute atomic E-state index is 13.1. The van der Waals surface area contributed by atoms with E-state index < -0.39 is 33.8 Å². The molecule has 1 unspecified atom stereocenters. The quantitative estimate of drug-likeness (QED) is 0.597. The molecular formula is C21H30N4O5S. The summed E-state index contributed by atoms with van der Waals surface area (Å²) in [4.78, 5) is 41.5. The van der Waals surface area contributed by atoms with E-state index in [0.29, 0.717) is 18.8 Å². The molecule has 1 aromatic rings. The molecule has 3 rings (SSSR count). The van der Waals surface area contributed by atoms with Gasteiger partial charge in [-0.25, -0.2) is 13.4 Å². The number of ketones is 1. The fourth-order valence-electron chi connectivity index (χ4n) is 4.44. The summed E-state index contributed by atoms with van der Waals surface area (Å²) in [6, 6.07) is 1.75. The van der Waals surface area contributed by atoms with E-state index in [1.165, 1.54) is 37.6 Å². The van der Waals surface area contributed by atoms with E-state index in [1.807, 2.05) is 0 Å². The molecule has 0 radical (unpaired) electrons. The van der Waals surface area contributed by atoms with Crippen LogP contribution >= 0.6 is 0 Å². The van der Waals surface area contributed by atoms with Crippen LogP contribution < -0.4 is 11.1 Å². The molecule has 0 aromatic carbocycles. The van der Waals surface area contributed by atoms with Crippen LogP contribution in [0.3, 0.4) is 0 Å². The minimum absolute atomic E-state index is 0.0628. The van der Waals surface area contributed by atoms with Crippen LogP contribution in [0, 0.1) is 5.92 Å². The molecule has 9 nitrogen and oxygen atoms in total. The number of nitrogens with two attached hydrogens (primary N) is 1. The Labute approximate surface area is 182 Å². The van der Waals surface area contributed by atoms with Gasteiger partial charge in [-0.2, -0.15) is 4.31 Å². The van der Waals surface area contributed by atoms with Crippen LogP contribution in [0.5, 0.6) is 0 Å². The molecule has 2 amide bonds. The summed E-state index contributed by atoms with van der Waals surface area (Å²) < 4.78 is 26.9. The first kappa shape index (κ1) is 23.3. The average molecular weight is 451 g/mol. The Hall–Kier alpha value is -2.33. The summed E-state index contributed by atoms with van der Waals surface area (Å²) >= 11 is 0. The maximum atomic E-state index is 13.1. The number of pyridine rings is 1. The summed E-state index contributed by atoms with van der Waals surface area (Å²) in [7, 11) is -4.20. The number of nitrogens with one attached hydrogen (secondary N) is 1. The highest BCUT2D eigenvalue weighted by Gasteiger charge is 2.44. The maximum Gasteiger partial charge on any atom is 0.261 e. The minimum Gasteiger partial charge on any atom is -0.368 e. The number of hydrogen-bond donors (Lipinski definition) is 2. The highest BCUT2D eigenvalue weighted by Crippen LogP contribution is 2.27. The van der Waals surface area contributed by atoms with Crippen LogP contribution in [-0.4, -0.2) is 53.9 Å². The predicted octanol–water partition coefficient (Wildman–Crippen LogP) is 1.13. The Bertz CT molecular complexity index is 900. The molecule has 1 saturated heterocycles. The third-order valence-electron chi connectivity index (χ3n) is 6.09. The first-order chi connectivity index (χ1) is 14.8. The zero-order valence-corrected chi connectivity index (χ0v) is 18.4. The molecule has 1 aliphatic heterocycles. The van der Waals surface area contributed by atoms with Crippen molar-refractivity contribution in [2.24, 2.45) is 11.7 Å². The number of sulfonamides is 1. The van der Waals surface area contributed by atoms with Crippen LogP contribution in [0.15, 0.2) is 29.4 Å². The van der Waals surface area contributed by atoms with Crippen LogP contribution in [0.2, 0.25) is 0 Å². The van der Waals surface area contributed by atoms with Crippen LogP contribution in [0.4, 0.5) is 0 Å². The van der Waals surface area contributed by atoms with Crippen molar-refractivity contribution in [3.8, 4) is 0 Å². The van der Waals surface area contributed by atoms with Gasteiger partial charge in [-0.05, 0) is 37.3 Å². The molecule has 2 fully saturated rings. The highest BCUT2D eigenvalue weighted by molar-refractivity contribution is 7.89. The zero-order chi connectivity index (χ0) is 22.4. The van der Waals surface area contributed by atoms with Crippen LogP contribution in [0.1, 0.15) is 57.8 Å². The number of primary amides is 1. The normalized spacial score (nSPS) is 23.8. The van der Waals surface area contributed by atoms with Gasteiger partial charge in [-0.3, -0.25) is 14.4 Å². The number of nitrogens with zero attached hydrogens (tertiary/aromatic N) is 2. The molecule has 0 bridgehead atoms. The number of aromatic nitrogens is 1. The monoisotopic (exact) mass is 450 g/mol. The van der Waals surface area contributed by atoms with Gasteiger partial charge in [0.05, 0.1) is 6.04 Å². The molecule has 2 aliphatic rings. The molecule has 3 N–H and O–H groups in total. The second kappa shape index (κ2) is 10.3. The number of carbonyl (C=O) groups excluding carboxylic acids is 3. The van der Waals surface area contributed by atoms with Gasteiger partial charge in [0.1, 0.15) is 0 Å². The summed E-state index contributed by atoms with van der Waals surface area (Å²) in [6.07, 6.45) is 8.81. The third-order valence-corrected chi connectivity index (χ3v) is 7.87. The molecule has 2 heterocycles. The topological polar surface area (TPSA) is 140 Å². The Morgan fingerprint density at radius 2 is 1.87 bits per heavy atom. The Morgan fingerprint density at radius 1 is 1.13 bits per heavy atom. The highest BCUT2D eigenvalue weighted by atomic mass is 32.2. The lowest BCUT2D eigenvalue weighted by Gasteiger charge is -2.26. The number of hydrogen-bond acceptors (Lipinski definition) is 6. The molecule has 1 aliphatic carbocycles. The summed E-state index contributed by atoms with van der Waals surface area (Å²) in [5.41, 5.74) is 5.44. The lowest BCUT2D eigenvalue weighted by molar-refractivity contribution is -0.135. The fourth-order valence-corrected chi connectivity index (χ4v) is 5.98. The Balaban J connectivity index is 1.71. The second-order valence-electron chi connectivity index (χ2n) is 8.30. The van der Waals surface area contributed by atoms with Crippen molar-refractivity contribution in [3.63, 3.8) is 0 Å². The van der Waals surface area contributed by atoms with Crippen molar-refractivity contribution in [2.45, 2.75) is 74.9 Å². The van der Waals surface area contributed by atoms with Crippen molar-refractivity contribution in [1.82, 2.24) is 14.6 Å². The van der Waals surface area contributed by atoms with E-state index >= 15 is 0 Å². The van der Waals surface area contributed by atoms with Gasteiger partial charge in [-0.1, -0.05) is 38.2 Å². The number of rotatable bonds is 7. The van der Waals surface area contributed by atoms with E-state index in [2.05, 4.69) is 10.3 Å². The van der Waals surface area contributed by atoms with Crippen molar-refractivity contribution in [1.29, 1.82) is 0 Å². The zero-order valence-electron chi connectivity index (χ0n) is 17.5. The molecule has 170 valence electrons. The van der Waals surface area contributed by atoms with Crippen molar-refractivity contribution in [2.75, 3.05) is 6.54 Å². The SMILES string of the molecule is NC(=O)C1C(=O)[C@@H](NC(=O)CCC2CCCCC2)CCCN1S(=O)(=O)c1ccccn1. The van der Waals surface area contributed by atoms with E-state index in [4.69, 9.17) is 5.73 Å². The minimum atomic E-state index is -4.20. The summed E-state index contributed by atoms with van der Waals surface area (Å²) in [6.45, 7) is -0.0628. The van der Waals surface area contributed by atoms with Crippen molar-refractivity contribution >= 4 is 27.6 Å². The van der Waals surface area contributed by atoms with E-state index in [1.54, 1.807) is 6.07 Å². The van der Waals surface area contributed by atoms with Gasteiger partial charge >= 0.3 is 0 Å². The second-order valence-corrected chi connectivity index (χ2v) is 10.1. The molecule has 0 spiro atoms. The van der Waals surface area contributed by atoms with Gasteiger partial charge in [0.25, 0.3) is 10.0 Å². The lowest BCUT2D eigenvalue weighted by atomic mass is 9.86. The summed E-state index contributed by atoms with van der Waals surface area (Å²) in [5, 5.41) is 2.45. The molecule has 1 saturated carbocycles. The molecule has 10 heteroatoms. The van der Waals surface area contributed by atoms with E-state index in [-0.39, 0.29) is 23.9 Å². The van der Waals surface area contributed by atoms with E-state index in [9.17, 15) is 22.8 Å². The van der Waals surface area contributed by atoms with Crippen molar-refractivity contribution in [3.05, 3.63) is 24.4 Å². The van der Waals surface area contributed by atoms with E-state index in [0.717, 1.165) is 23.6 Å². The fraction of sp³-hybridized carbons (Fsp3) is 0.619. The van der Waals surface area contributed by atoms with Gasteiger partial charge in [0, 0.05) is 19.2 Å². The molecule has 31 heavy (non-hydrogen) atoms. The Morgan fingerprint density at radius 3 is 2.52 bits per heavy atom. The smallest absolute Gasteiger partial charge is 0.261 e. The van der Waals surface area contributed by atoms with Crippen LogP contribution in [-0.2, 0) is 24.4 Å². The first-order valence-corrected chi connectivity index (χ1v) is 12.3.